The zero-order valence-electron chi connectivity index (χ0n) is 28.2. The second-order valence-electron chi connectivity index (χ2n) is 13.6. The fraction of sp³-hybridized carbons (Fsp3) is 0.667. The average molecular weight is 651 g/mol. The van der Waals surface area contributed by atoms with Crippen LogP contribution in [0.3, 0.4) is 0 Å². The molecule has 2 aliphatic carbocycles. The minimum absolute atomic E-state index is 0.0125. The molecule has 2 heterocycles. The smallest absolute Gasteiger partial charge is 0.329 e. The van der Waals surface area contributed by atoms with Crippen LogP contribution >= 0.6 is 0 Å². The Morgan fingerprint density at radius 1 is 1.04 bits per heavy atom. The van der Waals surface area contributed by atoms with Gasteiger partial charge in [0.1, 0.15) is 6.61 Å². The van der Waals surface area contributed by atoms with Crippen LogP contribution in [0.2, 0.25) is 0 Å². The number of hydrogen-bond donors (Lipinski definition) is 1. The molecule has 8 heteroatoms. The number of carboxylic acid groups (broad SMARTS) is 1. The van der Waals surface area contributed by atoms with E-state index in [-0.39, 0.29) is 49.1 Å². The molecule has 3 fully saturated rings. The van der Waals surface area contributed by atoms with Crippen molar-refractivity contribution < 1.29 is 38.3 Å². The van der Waals surface area contributed by atoms with E-state index in [1.54, 1.807) is 0 Å². The Labute approximate surface area is 281 Å². The first-order valence-electron chi connectivity index (χ1n) is 17.7. The Morgan fingerprint density at radius 2 is 1.79 bits per heavy atom. The number of carboxylic acids is 1. The summed E-state index contributed by atoms with van der Waals surface area (Å²) in [6.45, 7) is 6.56. The number of allylic oxidation sites excluding steroid dienone is 1. The molecule has 5 rings (SSSR count). The maximum absolute atomic E-state index is 11.2. The molecule has 258 valence electrons. The summed E-state index contributed by atoms with van der Waals surface area (Å²) in [6, 6.07) is 10.1. The van der Waals surface area contributed by atoms with E-state index in [0.29, 0.717) is 31.7 Å². The van der Waals surface area contributed by atoms with Crippen molar-refractivity contribution in [2.75, 3.05) is 33.0 Å². The molecule has 2 saturated heterocycles. The average Bonchev–Trinajstić information content (AvgIpc) is 3.64. The second kappa shape index (κ2) is 18.9. The van der Waals surface area contributed by atoms with Crippen LogP contribution in [0.5, 0.6) is 0 Å². The van der Waals surface area contributed by atoms with Crippen LogP contribution in [-0.2, 0) is 39.8 Å². The highest BCUT2D eigenvalue weighted by atomic mass is 16.7. The van der Waals surface area contributed by atoms with Gasteiger partial charge in [0.25, 0.3) is 0 Å². The van der Waals surface area contributed by atoms with E-state index in [0.717, 1.165) is 76.6 Å². The highest BCUT2D eigenvalue weighted by Gasteiger charge is 2.46. The minimum atomic E-state index is -0.962. The van der Waals surface area contributed by atoms with Crippen molar-refractivity contribution in [1.82, 2.24) is 0 Å². The molecule has 0 spiro atoms. The van der Waals surface area contributed by atoms with Gasteiger partial charge in [0.05, 0.1) is 32.0 Å². The number of hydrogen-bond acceptors (Lipinski definition) is 7. The lowest BCUT2D eigenvalue weighted by Gasteiger charge is -2.31. The Hall–Kier alpha value is -2.51. The number of carbonyl (C=O) groups is 1. The van der Waals surface area contributed by atoms with E-state index < -0.39 is 5.97 Å². The molecule has 4 aliphatic rings. The highest BCUT2D eigenvalue weighted by molar-refractivity contribution is 5.68. The molecule has 47 heavy (non-hydrogen) atoms. The summed E-state index contributed by atoms with van der Waals surface area (Å²) in [4.78, 5) is 11.2. The Balaban J connectivity index is 1.33. The highest BCUT2D eigenvalue weighted by Crippen LogP contribution is 2.50. The summed E-state index contributed by atoms with van der Waals surface area (Å²) < 4.78 is 37.1. The van der Waals surface area contributed by atoms with Gasteiger partial charge in [0.15, 0.2) is 12.6 Å². The van der Waals surface area contributed by atoms with E-state index in [1.165, 1.54) is 5.57 Å². The number of rotatable bonds is 17. The lowest BCUT2D eigenvalue weighted by atomic mass is 9.90. The molecule has 0 radical (unpaired) electrons. The zero-order chi connectivity index (χ0) is 32.8. The van der Waals surface area contributed by atoms with Crippen LogP contribution in [0, 0.1) is 41.4 Å². The van der Waals surface area contributed by atoms with E-state index in [9.17, 15) is 9.90 Å². The van der Waals surface area contributed by atoms with Gasteiger partial charge in [-0.25, -0.2) is 4.79 Å². The fourth-order valence-electron chi connectivity index (χ4n) is 7.40. The summed E-state index contributed by atoms with van der Waals surface area (Å²) in [5.41, 5.74) is 2.40. The lowest BCUT2D eigenvalue weighted by molar-refractivity contribution is -0.193. The van der Waals surface area contributed by atoms with Gasteiger partial charge >= 0.3 is 5.97 Å². The van der Waals surface area contributed by atoms with Crippen molar-refractivity contribution in [3.05, 3.63) is 59.7 Å². The predicted octanol–water partition coefficient (Wildman–Crippen LogP) is 6.93. The van der Waals surface area contributed by atoms with Crippen molar-refractivity contribution in [3.8, 4) is 11.8 Å². The predicted molar refractivity (Wildman–Crippen MR) is 179 cm³/mol. The SMILES string of the molecule is CC#CCC(C)[C@@H](/C=C/[C@@H]1[C@H]2C=C(C(COCC(=O)O)COCc3ccccc3)C[C@H]2C[C@H]1OC1CCCCO1)OC1CCCCO1. The van der Waals surface area contributed by atoms with E-state index >= 15 is 0 Å². The molecule has 1 N–H and O–H groups in total. The fourth-order valence-corrected chi connectivity index (χ4v) is 7.40. The first-order chi connectivity index (χ1) is 23.0. The van der Waals surface area contributed by atoms with Crippen molar-refractivity contribution >= 4 is 5.97 Å². The van der Waals surface area contributed by atoms with Crippen LogP contribution < -0.4 is 0 Å². The van der Waals surface area contributed by atoms with Crippen LogP contribution in [0.15, 0.2) is 54.1 Å². The third-order valence-corrected chi connectivity index (χ3v) is 9.95. The largest absolute Gasteiger partial charge is 0.480 e. The number of fused-ring (bicyclic) bond motifs is 1. The molecule has 4 unspecified atom stereocenters. The lowest BCUT2D eigenvalue weighted by Crippen LogP contribution is -2.32. The van der Waals surface area contributed by atoms with Gasteiger partial charge in [0, 0.05) is 31.5 Å². The van der Waals surface area contributed by atoms with Crippen molar-refractivity contribution in [3.63, 3.8) is 0 Å². The van der Waals surface area contributed by atoms with Gasteiger partial charge in [0.2, 0.25) is 0 Å². The molecule has 0 aromatic heterocycles. The van der Waals surface area contributed by atoms with E-state index in [1.807, 2.05) is 25.1 Å². The Bertz CT molecular complexity index is 1210. The maximum atomic E-state index is 11.2. The van der Waals surface area contributed by atoms with E-state index in [2.05, 4.69) is 49.1 Å². The first-order valence-corrected chi connectivity index (χ1v) is 17.7. The van der Waals surface area contributed by atoms with Gasteiger partial charge in [-0.3, -0.25) is 0 Å². The minimum Gasteiger partial charge on any atom is -0.480 e. The number of aliphatic carboxylic acids is 1. The number of ether oxygens (including phenoxy) is 6. The molecular formula is C39H54O8. The van der Waals surface area contributed by atoms with Gasteiger partial charge in [-0.1, -0.05) is 61.1 Å². The van der Waals surface area contributed by atoms with Crippen molar-refractivity contribution in [1.29, 1.82) is 0 Å². The molecule has 1 aromatic rings. The van der Waals surface area contributed by atoms with E-state index in [4.69, 9.17) is 28.4 Å². The van der Waals surface area contributed by atoms with Gasteiger partial charge < -0.3 is 33.5 Å². The van der Waals surface area contributed by atoms with Gasteiger partial charge in [-0.05, 0) is 81.6 Å². The third-order valence-electron chi connectivity index (χ3n) is 9.95. The summed E-state index contributed by atoms with van der Waals surface area (Å²) in [7, 11) is 0. The summed E-state index contributed by atoms with van der Waals surface area (Å²) in [5, 5.41) is 9.21. The van der Waals surface area contributed by atoms with Gasteiger partial charge in [-0.15, -0.1) is 11.8 Å². The molecule has 2 aliphatic heterocycles. The molecule has 0 amide bonds. The van der Waals surface area contributed by atoms with Crippen LogP contribution in [0.4, 0.5) is 0 Å². The Kier molecular flexibility index (Phi) is 14.4. The summed E-state index contributed by atoms with van der Waals surface area (Å²) in [6.07, 6.45) is 15.5. The molecule has 8 nitrogen and oxygen atoms in total. The maximum Gasteiger partial charge on any atom is 0.329 e. The monoisotopic (exact) mass is 650 g/mol. The zero-order valence-corrected chi connectivity index (χ0v) is 28.2. The Morgan fingerprint density at radius 3 is 2.49 bits per heavy atom. The standard InChI is InChI=1S/C39H54O8/c1-3-4-12-28(2)35(46-38-15-8-10-19-44-38)18-17-33-34-22-30(21-31(34)23-36(33)47-39-16-9-11-20-45-39)32(26-43-27-37(40)41)25-42-24-29-13-6-5-7-14-29/h5-7,13-14,17-18,22,28,31-36,38-39H,8-12,15-16,19-21,23-27H2,1-2H3,(H,40,41)/b18-17+/t28?,31-,32?,33+,34-,35+,36+,38?,39?/m0/s1. The summed E-state index contributed by atoms with van der Waals surface area (Å²) in [5.74, 6) is 6.41. The first kappa shape index (κ1) is 35.8. The van der Waals surface area contributed by atoms with Crippen LogP contribution in [-0.4, -0.2) is 68.9 Å². The van der Waals surface area contributed by atoms with Crippen LogP contribution in [0.25, 0.3) is 0 Å². The van der Waals surface area contributed by atoms with Crippen LogP contribution in [0.1, 0.15) is 77.2 Å². The molecule has 0 bridgehead atoms. The molecular weight excluding hydrogens is 596 g/mol. The van der Waals surface area contributed by atoms with Gasteiger partial charge in [-0.2, -0.15) is 0 Å². The van der Waals surface area contributed by atoms with Crippen molar-refractivity contribution in [2.45, 2.75) is 103 Å². The second-order valence-corrected chi connectivity index (χ2v) is 13.6. The normalized spacial score (nSPS) is 29.4. The summed E-state index contributed by atoms with van der Waals surface area (Å²) >= 11 is 0. The molecule has 9 atom stereocenters. The quantitative estimate of drug-likeness (QED) is 0.143. The topological polar surface area (TPSA) is 92.7 Å². The number of benzene rings is 1. The molecule has 1 saturated carbocycles. The molecule has 1 aromatic carbocycles. The third kappa shape index (κ3) is 11.0. The van der Waals surface area contributed by atoms with Crippen molar-refractivity contribution in [2.24, 2.45) is 29.6 Å².